The Bertz CT molecular complexity index is 531. The van der Waals surface area contributed by atoms with Crippen LogP contribution in [0.3, 0.4) is 0 Å². The van der Waals surface area contributed by atoms with Gasteiger partial charge in [-0.25, -0.2) is 0 Å². The SMILES string of the molecule is CC(=O)OC[C@@H](C)c1ccnc2ccccc12. The quantitative estimate of drug-likeness (QED) is 0.760. The van der Waals surface area contributed by atoms with Crippen molar-refractivity contribution in [1.29, 1.82) is 0 Å². The van der Waals surface area contributed by atoms with Crippen LogP contribution in [0.4, 0.5) is 0 Å². The van der Waals surface area contributed by atoms with E-state index in [4.69, 9.17) is 4.74 Å². The molecule has 0 radical (unpaired) electrons. The minimum absolute atomic E-state index is 0.173. The average Bonchev–Trinajstić information content (AvgIpc) is 2.35. The van der Waals surface area contributed by atoms with Crippen LogP contribution in [0.25, 0.3) is 10.9 Å². The molecule has 0 aliphatic heterocycles. The Morgan fingerprint density at radius 1 is 1.35 bits per heavy atom. The number of aromatic nitrogens is 1. The van der Waals surface area contributed by atoms with Crippen LogP contribution in [0.1, 0.15) is 25.3 Å². The first kappa shape index (κ1) is 11.6. The molecule has 88 valence electrons. The van der Waals surface area contributed by atoms with Crippen molar-refractivity contribution in [2.45, 2.75) is 19.8 Å². The van der Waals surface area contributed by atoms with Crippen LogP contribution in [0.15, 0.2) is 36.5 Å². The predicted octanol–water partition coefficient (Wildman–Crippen LogP) is 2.90. The Morgan fingerprint density at radius 3 is 2.88 bits per heavy atom. The van der Waals surface area contributed by atoms with Crippen LogP contribution in [0, 0.1) is 0 Å². The van der Waals surface area contributed by atoms with Crippen molar-refractivity contribution in [3.8, 4) is 0 Å². The van der Waals surface area contributed by atoms with Gasteiger partial charge in [-0.15, -0.1) is 0 Å². The highest BCUT2D eigenvalue weighted by molar-refractivity contribution is 5.82. The highest BCUT2D eigenvalue weighted by Crippen LogP contribution is 2.24. The van der Waals surface area contributed by atoms with Gasteiger partial charge >= 0.3 is 5.97 Å². The molecule has 0 aliphatic rings. The lowest BCUT2D eigenvalue weighted by molar-refractivity contribution is -0.141. The summed E-state index contributed by atoms with van der Waals surface area (Å²) in [5.74, 6) is -0.0676. The molecule has 0 saturated heterocycles. The van der Waals surface area contributed by atoms with Gasteiger partial charge in [0, 0.05) is 24.4 Å². The number of rotatable bonds is 3. The second kappa shape index (κ2) is 4.95. The Kier molecular flexibility index (Phi) is 3.38. The fourth-order valence-corrected chi connectivity index (χ4v) is 1.88. The summed E-state index contributed by atoms with van der Waals surface area (Å²) in [6, 6.07) is 9.97. The van der Waals surface area contributed by atoms with Crippen LogP contribution in [0.5, 0.6) is 0 Å². The van der Waals surface area contributed by atoms with Gasteiger partial charge in [-0.3, -0.25) is 9.78 Å². The third-order valence-corrected chi connectivity index (χ3v) is 2.75. The third kappa shape index (κ3) is 2.61. The van der Waals surface area contributed by atoms with E-state index < -0.39 is 0 Å². The molecule has 2 rings (SSSR count). The van der Waals surface area contributed by atoms with Crippen molar-refractivity contribution < 1.29 is 9.53 Å². The molecule has 0 aliphatic carbocycles. The fourth-order valence-electron chi connectivity index (χ4n) is 1.88. The summed E-state index contributed by atoms with van der Waals surface area (Å²) in [5, 5.41) is 1.12. The number of esters is 1. The lowest BCUT2D eigenvalue weighted by Gasteiger charge is -2.13. The fraction of sp³-hybridized carbons (Fsp3) is 0.286. The number of pyridine rings is 1. The number of carbonyl (C=O) groups is 1. The molecular formula is C14H15NO2. The van der Waals surface area contributed by atoms with Gasteiger partial charge in [0.05, 0.1) is 12.1 Å². The van der Waals surface area contributed by atoms with Gasteiger partial charge < -0.3 is 4.74 Å². The summed E-state index contributed by atoms with van der Waals surface area (Å²) in [7, 11) is 0. The first-order valence-corrected chi connectivity index (χ1v) is 5.65. The number of ether oxygens (including phenoxy) is 1. The third-order valence-electron chi connectivity index (χ3n) is 2.75. The molecule has 1 heterocycles. The molecule has 2 aromatic rings. The summed E-state index contributed by atoms with van der Waals surface area (Å²) in [6.07, 6.45) is 1.79. The smallest absolute Gasteiger partial charge is 0.302 e. The van der Waals surface area contributed by atoms with E-state index in [0.717, 1.165) is 16.5 Å². The molecule has 0 fully saturated rings. The van der Waals surface area contributed by atoms with E-state index in [1.54, 1.807) is 6.20 Å². The highest BCUT2D eigenvalue weighted by Gasteiger charge is 2.10. The Morgan fingerprint density at radius 2 is 2.12 bits per heavy atom. The molecule has 17 heavy (non-hydrogen) atoms. The maximum atomic E-state index is 10.8. The predicted molar refractivity (Wildman–Crippen MR) is 66.8 cm³/mol. The van der Waals surface area contributed by atoms with Crippen LogP contribution < -0.4 is 0 Å². The lowest BCUT2D eigenvalue weighted by Crippen LogP contribution is -2.08. The average molecular weight is 229 g/mol. The van der Waals surface area contributed by atoms with Gasteiger partial charge in [0.2, 0.25) is 0 Å². The molecule has 3 heteroatoms. The number of nitrogens with zero attached hydrogens (tertiary/aromatic N) is 1. The minimum atomic E-state index is -0.241. The van der Waals surface area contributed by atoms with Crippen molar-refractivity contribution >= 4 is 16.9 Å². The van der Waals surface area contributed by atoms with Crippen LogP contribution in [-0.2, 0) is 9.53 Å². The molecule has 0 bridgehead atoms. The number of para-hydroxylation sites is 1. The first-order valence-electron chi connectivity index (χ1n) is 5.65. The van der Waals surface area contributed by atoms with Gasteiger partial charge in [0.1, 0.15) is 0 Å². The van der Waals surface area contributed by atoms with Crippen molar-refractivity contribution in [2.24, 2.45) is 0 Å². The van der Waals surface area contributed by atoms with Gasteiger partial charge in [0.25, 0.3) is 0 Å². The summed E-state index contributed by atoms with van der Waals surface area (Å²) in [6.45, 7) is 3.88. The van der Waals surface area contributed by atoms with Crippen LogP contribution in [0.2, 0.25) is 0 Å². The van der Waals surface area contributed by atoms with Crippen molar-refractivity contribution in [2.75, 3.05) is 6.61 Å². The van der Waals surface area contributed by atoms with Crippen molar-refractivity contribution in [3.05, 3.63) is 42.1 Å². The molecule has 1 atom stereocenters. The monoisotopic (exact) mass is 229 g/mol. The Balaban J connectivity index is 2.31. The van der Waals surface area contributed by atoms with E-state index in [-0.39, 0.29) is 11.9 Å². The van der Waals surface area contributed by atoms with Crippen LogP contribution >= 0.6 is 0 Å². The molecule has 0 unspecified atom stereocenters. The van der Waals surface area contributed by atoms with Gasteiger partial charge in [-0.05, 0) is 17.7 Å². The number of carbonyl (C=O) groups excluding carboxylic acids is 1. The summed E-state index contributed by atoms with van der Waals surface area (Å²) in [5.41, 5.74) is 2.14. The van der Waals surface area contributed by atoms with Crippen LogP contribution in [-0.4, -0.2) is 17.6 Å². The second-order valence-corrected chi connectivity index (χ2v) is 4.12. The molecule has 1 aromatic carbocycles. The number of hydrogen-bond acceptors (Lipinski definition) is 3. The molecule has 0 spiro atoms. The van der Waals surface area contributed by atoms with E-state index in [2.05, 4.69) is 4.98 Å². The molecule has 0 saturated carbocycles. The maximum Gasteiger partial charge on any atom is 0.302 e. The number of fused-ring (bicyclic) bond motifs is 1. The maximum absolute atomic E-state index is 10.8. The van der Waals surface area contributed by atoms with E-state index in [9.17, 15) is 4.79 Å². The summed E-state index contributed by atoms with van der Waals surface area (Å²) >= 11 is 0. The molecular weight excluding hydrogens is 214 g/mol. The molecule has 1 aromatic heterocycles. The minimum Gasteiger partial charge on any atom is -0.465 e. The zero-order valence-corrected chi connectivity index (χ0v) is 10.0. The Hall–Kier alpha value is -1.90. The molecule has 0 N–H and O–H groups in total. The Labute approximate surface area is 100 Å². The zero-order chi connectivity index (χ0) is 12.3. The van der Waals surface area contributed by atoms with E-state index in [0.29, 0.717) is 6.61 Å². The van der Waals surface area contributed by atoms with Crippen molar-refractivity contribution in [3.63, 3.8) is 0 Å². The number of benzene rings is 1. The summed E-state index contributed by atoms with van der Waals surface area (Å²) < 4.78 is 5.05. The lowest BCUT2D eigenvalue weighted by atomic mass is 9.98. The highest BCUT2D eigenvalue weighted by atomic mass is 16.5. The van der Waals surface area contributed by atoms with Gasteiger partial charge in [-0.2, -0.15) is 0 Å². The van der Waals surface area contributed by atoms with Gasteiger partial charge in [-0.1, -0.05) is 25.1 Å². The number of hydrogen-bond donors (Lipinski definition) is 0. The van der Waals surface area contributed by atoms with E-state index in [1.807, 2.05) is 37.3 Å². The standard InChI is InChI=1S/C14H15NO2/c1-10(9-17-11(2)16)12-7-8-15-14-6-4-3-5-13(12)14/h3-8,10H,9H2,1-2H3/t10-/m1/s1. The van der Waals surface area contributed by atoms with Crippen molar-refractivity contribution in [1.82, 2.24) is 4.98 Å². The van der Waals surface area contributed by atoms with Gasteiger partial charge in [0.15, 0.2) is 0 Å². The molecule has 3 nitrogen and oxygen atoms in total. The summed E-state index contributed by atoms with van der Waals surface area (Å²) in [4.78, 5) is 15.1. The second-order valence-electron chi connectivity index (χ2n) is 4.12. The largest absolute Gasteiger partial charge is 0.465 e. The first-order chi connectivity index (χ1) is 8.18. The topological polar surface area (TPSA) is 39.2 Å². The normalized spacial score (nSPS) is 12.4. The zero-order valence-electron chi connectivity index (χ0n) is 10.0. The van der Waals surface area contributed by atoms with E-state index >= 15 is 0 Å². The molecule has 0 amide bonds. The van der Waals surface area contributed by atoms with E-state index in [1.165, 1.54) is 6.92 Å².